The number of nitrogens with one attached hydrogen (secondary N) is 1. The minimum Gasteiger partial charge on any atom is -0.478 e. The van der Waals surface area contributed by atoms with Crippen molar-refractivity contribution in [2.75, 3.05) is 5.32 Å². The van der Waals surface area contributed by atoms with Crippen molar-refractivity contribution in [3.8, 4) is 11.3 Å². The Hall–Kier alpha value is -3.18. The molecule has 0 atom stereocenters. The number of aromatic carboxylic acids is 1. The molecule has 0 aliphatic heterocycles. The van der Waals surface area contributed by atoms with E-state index in [1.807, 2.05) is 0 Å². The molecule has 0 aliphatic rings. The van der Waals surface area contributed by atoms with Crippen LogP contribution in [0.5, 0.6) is 0 Å². The first-order valence-corrected chi connectivity index (χ1v) is 7.78. The number of anilines is 1. The Bertz CT molecular complexity index is 939. The quantitative estimate of drug-likeness (QED) is 0.731. The van der Waals surface area contributed by atoms with Crippen molar-refractivity contribution < 1.29 is 14.7 Å². The highest BCUT2D eigenvalue weighted by molar-refractivity contribution is 6.33. The molecule has 0 saturated carbocycles. The van der Waals surface area contributed by atoms with Crippen molar-refractivity contribution in [2.24, 2.45) is 0 Å². The van der Waals surface area contributed by atoms with Gasteiger partial charge in [0.05, 0.1) is 16.3 Å². The second-order valence-corrected chi connectivity index (χ2v) is 5.66. The minimum atomic E-state index is -1.05. The Kier molecular flexibility index (Phi) is 4.77. The summed E-state index contributed by atoms with van der Waals surface area (Å²) < 4.78 is 0. The van der Waals surface area contributed by atoms with E-state index in [0.717, 1.165) is 5.56 Å². The van der Waals surface area contributed by atoms with Gasteiger partial charge in [-0.3, -0.25) is 9.78 Å². The van der Waals surface area contributed by atoms with Gasteiger partial charge in [0.2, 0.25) is 0 Å². The number of amides is 1. The normalized spacial score (nSPS) is 10.3. The third-order valence-corrected chi connectivity index (χ3v) is 3.85. The number of aromatic nitrogens is 1. The number of hydrogen-bond donors (Lipinski definition) is 2. The zero-order valence-electron chi connectivity index (χ0n) is 12.9. The fourth-order valence-corrected chi connectivity index (χ4v) is 2.54. The Morgan fingerprint density at radius 1 is 0.960 bits per heavy atom. The van der Waals surface area contributed by atoms with Crippen molar-refractivity contribution in [1.29, 1.82) is 0 Å². The zero-order chi connectivity index (χ0) is 17.8. The number of carbonyl (C=O) groups excluding carboxylic acids is 1. The van der Waals surface area contributed by atoms with Crippen LogP contribution in [-0.4, -0.2) is 22.0 Å². The summed E-state index contributed by atoms with van der Waals surface area (Å²) in [5, 5.41) is 12.2. The second-order valence-electron chi connectivity index (χ2n) is 5.25. The molecule has 0 unspecified atom stereocenters. The van der Waals surface area contributed by atoms with Crippen molar-refractivity contribution in [2.45, 2.75) is 0 Å². The summed E-state index contributed by atoms with van der Waals surface area (Å²) in [4.78, 5) is 27.5. The maximum atomic E-state index is 12.3. The van der Waals surface area contributed by atoms with Crippen LogP contribution in [0.15, 0.2) is 66.9 Å². The SMILES string of the molecule is O=C(O)c1cccc(NC(=O)c2ccc(-c3ncccc3Cl)cc2)c1. The van der Waals surface area contributed by atoms with Gasteiger partial charge in [-0.05, 0) is 42.5 Å². The second kappa shape index (κ2) is 7.15. The highest BCUT2D eigenvalue weighted by Crippen LogP contribution is 2.25. The summed E-state index contributed by atoms with van der Waals surface area (Å²) in [6.45, 7) is 0. The van der Waals surface area contributed by atoms with Crippen LogP contribution in [0.1, 0.15) is 20.7 Å². The molecule has 1 aromatic heterocycles. The molecule has 1 amide bonds. The predicted molar refractivity (Wildman–Crippen MR) is 96.0 cm³/mol. The molecule has 3 rings (SSSR count). The van der Waals surface area contributed by atoms with E-state index < -0.39 is 5.97 Å². The molecule has 3 aromatic rings. The van der Waals surface area contributed by atoms with Gasteiger partial charge in [-0.2, -0.15) is 0 Å². The van der Waals surface area contributed by atoms with E-state index in [-0.39, 0.29) is 11.5 Å². The van der Waals surface area contributed by atoms with E-state index in [0.29, 0.717) is 22.0 Å². The van der Waals surface area contributed by atoms with Crippen LogP contribution in [0.3, 0.4) is 0 Å². The van der Waals surface area contributed by atoms with Gasteiger partial charge in [0.15, 0.2) is 0 Å². The predicted octanol–water partition coefficient (Wildman–Crippen LogP) is 4.35. The molecule has 1 heterocycles. The van der Waals surface area contributed by atoms with Gasteiger partial charge in [0.25, 0.3) is 5.91 Å². The largest absolute Gasteiger partial charge is 0.478 e. The van der Waals surface area contributed by atoms with Crippen molar-refractivity contribution in [3.05, 3.63) is 83.0 Å². The lowest BCUT2D eigenvalue weighted by atomic mass is 10.1. The van der Waals surface area contributed by atoms with Crippen LogP contribution in [0.2, 0.25) is 5.02 Å². The summed E-state index contributed by atoms with van der Waals surface area (Å²) in [5.74, 6) is -1.38. The molecule has 2 aromatic carbocycles. The van der Waals surface area contributed by atoms with Crippen LogP contribution in [0, 0.1) is 0 Å². The standard InChI is InChI=1S/C19H13ClN2O3/c20-16-5-2-10-21-17(16)12-6-8-13(9-7-12)18(23)22-15-4-1-3-14(11-15)19(24)25/h1-11H,(H,22,23)(H,24,25). The molecule has 0 saturated heterocycles. The molecule has 0 spiro atoms. The van der Waals surface area contributed by atoms with Gasteiger partial charge < -0.3 is 10.4 Å². The molecule has 0 aliphatic carbocycles. The van der Waals surface area contributed by atoms with Crippen LogP contribution in [-0.2, 0) is 0 Å². The maximum absolute atomic E-state index is 12.3. The lowest BCUT2D eigenvalue weighted by Gasteiger charge is -2.07. The van der Waals surface area contributed by atoms with Crippen LogP contribution >= 0.6 is 11.6 Å². The number of benzene rings is 2. The molecular weight excluding hydrogens is 340 g/mol. The molecule has 0 fully saturated rings. The highest BCUT2D eigenvalue weighted by atomic mass is 35.5. The minimum absolute atomic E-state index is 0.109. The molecule has 5 nitrogen and oxygen atoms in total. The monoisotopic (exact) mass is 352 g/mol. The number of nitrogens with zero attached hydrogens (tertiary/aromatic N) is 1. The number of carboxylic acids is 1. The number of hydrogen-bond acceptors (Lipinski definition) is 3. The molecule has 2 N–H and O–H groups in total. The third-order valence-electron chi connectivity index (χ3n) is 3.55. The Morgan fingerprint density at radius 3 is 2.40 bits per heavy atom. The summed E-state index contributed by atoms with van der Waals surface area (Å²) in [6, 6.07) is 16.4. The summed E-state index contributed by atoms with van der Waals surface area (Å²) in [7, 11) is 0. The van der Waals surface area contributed by atoms with Gasteiger partial charge in [0, 0.05) is 23.0 Å². The molecular formula is C19H13ClN2O3. The topological polar surface area (TPSA) is 79.3 Å². The fraction of sp³-hybridized carbons (Fsp3) is 0. The van der Waals surface area contributed by atoms with Crippen LogP contribution < -0.4 is 5.32 Å². The lowest BCUT2D eigenvalue weighted by Crippen LogP contribution is -2.12. The number of pyridine rings is 1. The summed E-state index contributed by atoms with van der Waals surface area (Å²) >= 11 is 6.12. The Balaban J connectivity index is 1.78. The van der Waals surface area contributed by atoms with E-state index in [4.69, 9.17) is 16.7 Å². The average Bonchev–Trinajstić information content (AvgIpc) is 2.62. The number of carboxylic acid groups (broad SMARTS) is 1. The molecule has 25 heavy (non-hydrogen) atoms. The Labute approximate surface area is 148 Å². The summed E-state index contributed by atoms with van der Waals surface area (Å²) in [5.41, 5.74) is 2.41. The van der Waals surface area contributed by atoms with Crippen LogP contribution in [0.25, 0.3) is 11.3 Å². The third kappa shape index (κ3) is 3.84. The van der Waals surface area contributed by atoms with Crippen molar-refractivity contribution in [3.63, 3.8) is 0 Å². The molecule has 124 valence electrons. The summed E-state index contributed by atoms with van der Waals surface area (Å²) in [6.07, 6.45) is 1.65. The van der Waals surface area contributed by atoms with Crippen molar-refractivity contribution >= 4 is 29.2 Å². The molecule has 0 radical (unpaired) electrons. The smallest absolute Gasteiger partial charge is 0.335 e. The first-order valence-electron chi connectivity index (χ1n) is 7.40. The van der Waals surface area contributed by atoms with Crippen LogP contribution in [0.4, 0.5) is 5.69 Å². The van der Waals surface area contributed by atoms with Gasteiger partial charge in [-0.1, -0.05) is 29.8 Å². The average molecular weight is 353 g/mol. The highest BCUT2D eigenvalue weighted by Gasteiger charge is 2.10. The van der Waals surface area contributed by atoms with Gasteiger partial charge >= 0.3 is 5.97 Å². The van der Waals surface area contributed by atoms with E-state index in [1.54, 1.807) is 54.7 Å². The zero-order valence-corrected chi connectivity index (χ0v) is 13.7. The van der Waals surface area contributed by atoms with Gasteiger partial charge in [0.1, 0.15) is 0 Å². The van der Waals surface area contributed by atoms with Gasteiger partial charge in [-0.25, -0.2) is 4.79 Å². The maximum Gasteiger partial charge on any atom is 0.335 e. The number of halogens is 1. The fourth-order valence-electron chi connectivity index (χ4n) is 2.31. The van der Waals surface area contributed by atoms with Gasteiger partial charge in [-0.15, -0.1) is 0 Å². The first kappa shape index (κ1) is 16.7. The van der Waals surface area contributed by atoms with E-state index in [1.165, 1.54) is 12.1 Å². The van der Waals surface area contributed by atoms with E-state index >= 15 is 0 Å². The van der Waals surface area contributed by atoms with E-state index in [2.05, 4.69) is 10.3 Å². The number of carbonyl (C=O) groups is 2. The molecule has 6 heteroatoms. The van der Waals surface area contributed by atoms with E-state index in [9.17, 15) is 9.59 Å². The van der Waals surface area contributed by atoms with Crippen molar-refractivity contribution in [1.82, 2.24) is 4.98 Å². The Morgan fingerprint density at radius 2 is 1.72 bits per heavy atom. The first-order chi connectivity index (χ1) is 12.0. The lowest BCUT2D eigenvalue weighted by molar-refractivity contribution is 0.0696. The molecule has 0 bridgehead atoms. The number of rotatable bonds is 4.